The third-order valence-electron chi connectivity index (χ3n) is 3.65. The van der Waals surface area contributed by atoms with Gasteiger partial charge in [-0.25, -0.2) is 0 Å². The number of hydrogen-bond acceptors (Lipinski definition) is 5. The molecule has 0 aliphatic heterocycles. The fraction of sp³-hybridized carbons (Fsp3) is 0.467. The number of nitrogens with zero attached hydrogens (tertiary/aromatic N) is 2. The van der Waals surface area contributed by atoms with E-state index in [1.807, 2.05) is 19.2 Å². The summed E-state index contributed by atoms with van der Waals surface area (Å²) in [6.07, 6.45) is 2.33. The van der Waals surface area contributed by atoms with Crippen molar-refractivity contribution in [2.75, 3.05) is 7.05 Å². The van der Waals surface area contributed by atoms with E-state index in [2.05, 4.69) is 44.4 Å². The molecule has 1 aliphatic rings. The second-order valence-corrected chi connectivity index (χ2v) is 6.22. The Labute approximate surface area is 132 Å². The zero-order valence-electron chi connectivity index (χ0n) is 12.1. The summed E-state index contributed by atoms with van der Waals surface area (Å²) >= 11 is 3.49. The first kappa shape index (κ1) is 14.5. The first-order chi connectivity index (χ1) is 10.2. The van der Waals surface area contributed by atoms with Crippen molar-refractivity contribution in [1.82, 2.24) is 15.5 Å². The number of benzene rings is 1. The Hall–Kier alpha value is -1.40. The molecular formula is C15H18BrN3O2. The summed E-state index contributed by atoms with van der Waals surface area (Å²) in [5, 5.41) is 7.21. The van der Waals surface area contributed by atoms with E-state index in [4.69, 9.17) is 9.26 Å². The van der Waals surface area contributed by atoms with Crippen molar-refractivity contribution >= 4 is 15.9 Å². The minimum Gasteiger partial charge on any atom is -0.483 e. The summed E-state index contributed by atoms with van der Waals surface area (Å²) in [5.74, 6) is 2.66. The van der Waals surface area contributed by atoms with Crippen LogP contribution < -0.4 is 10.1 Å². The maximum absolute atomic E-state index is 5.86. The molecule has 6 heteroatoms. The highest BCUT2D eigenvalue weighted by atomic mass is 79.9. The van der Waals surface area contributed by atoms with Crippen LogP contribution in [-0.2, 0) is 6.61 Å². The molecule has 112 valence electrons. The lowest BCUT2D eigenvalue weighted by molar-refractivity contribution is 0.239. The van der Waals surface area contributed by atoms with Gasteiger partial charge in [0.05, 0.1) is 0 Å². The van der Waals surface area contributed by atoms with Crippen LogP contribution in [-0.4, -0.2) is 17.2 Å². The van der Waals surface area contributed by atoms with E-state index in [9.17, 15) is 0 Å². The third kappa shape index (κ3) is 3.44. The molecule has 0 amide bonds. The van der Waals surface area contributed by atoms with Gasteiger partial charge in [-0.15, -0.1) is 0 Å². The van der Waals surface area contributed by atoms with E-state index in [1.54, 1.807) is 0 Å². The molecular weight excluding hydrogens is 334 g/mol. The van der Waals surface area contributed by atoms with E-state index >= 15 is 0 Å². The second-order valence-electron chi connectivity index (χ2n) is 5.30. The Morgan fingerprint density at radius 2 is 2.29 bits per heavy atom. The normalized spacial score (nSPS) is 16.0. The highest BCUT2D eigenvalue weighted by molar-refractivity contribution is 9.10. The van der Waals surface area contributed by atoms with Gasteiger partial charge < -0.3 is 14.6 Å². The Kier molecular flexibility index (Phi) is 4.26. The molecule has 2 aromatic rings. The number of hydrogen-bond donors (Lipinski definition) is 1. The van der Waals surface area contributed by atoms with Crippen LogP contribution in [0, 0.1) is 0 Å². The molecule has 0 radical (unpaired) electrons. The van der Waals surface area contributed by atoms with Crippen LogP contribution in [0.1, 0.15) is 49.0 Å². The summed E-state index contributed by atoms with van der Waals surface area (Å²) in [7, 11) is 1.93. The van der Waals surface area contributed by atoms with Crippen LogP contribution in [0.2, 0.25) is 0 Å². The summed E-state index contributed by atoms with van der Waals surface area (Å²) < 4.78 is 12.1. The van der Waals surface area contributed by atoms with Gasteiger partial charge in [0.25, 0.3) is 5.89 Å². The highest BCUT2D eigenvalue weighted by Gasteiger charge is 2.28. The van der Waals surface area contributed by atoms with Gasteiger partial charge in [0.2, 0.25) is 0 Å². The highest BCUT2D eigenvalue weighted by Crippen LogP contribution is 2.38. The molecule has 1 unspecified atom stereocenters. The Morgan fingerprint density at radius 3 is 3.00 bits per heavy atom. The minimum atomic E-state index is 0.196. The van der Waals surface area contributed by atoms with E-state index in [-0.39, 0.29) is 6.04 Å². The summed E-state index contributed by atoms with van der Waals surface area (Å²) in [6.45, 7) is 2.39. The van der Waals surface area contributed by atoms with Crippen molar-refractivity contribution < 1.29 is 9.26 Å². The van der Waals surface area contributed by atoms with Gasteiger partial charge in [0.15, 0.2) is 12.4 Å². The number of ether oxygens (including phenoxy) is 1. The topological polar surface area (TPSA) is 60.2 Å². The molecule has 1 aromatic carbocycles. The van der Waals surface area contributed by atoms with Crippen LogP contribution in [0.5, 0.6) is 5.75 Å². The quantitative estimate of drug-likeness (QED) is 0.861. The molecule has 1 aromatic heterocycles. The average Bonchev–Trinajstić information content (AvgIpc) is 3.24. The molecule has 21 heavy (non-hydrogen) atoms. The molecule has 1 saturated carbocycles. The molecule has 1 N–H and O–H groups in total. The SMILES string of the molecule is CNC(C)c1cc(Br)ccc1OCc1nc(C2CC2)no1. The number of aromatic nitrogens is 2. The van der Waals surface area contributed by atoms with E-state index in [0.29, 0.717) is 18.4 Å². The Morgan fingerprint density at radius 1 is 1.48 bits per heavy atom. The van der Waals surface area contributed by atoms with Crippen LogP contribution in [0.15, 0.2) is 27.2 Å². The van der Waals surface area contributed by atoms with Crippen molar-refractivity contribution in [3.05, 3.63) is 40.0 Å². The van der Waals surface area contributed by atoms with Crippen molar-refractivity contribution in [2.24, 2.45) is 0 Å². The third-order valence-corrected chi connectivity index (χ3v) is 4.14. The van der Waals surface area contributed by atoms with Crippen LogP contribution in [0.4, 0.5) is 0 Å². The second kappa shape index (κ2) is 6.15. The summed E-state index contributed by atoms with van der Waals surface area (Å²) in [6, 6.07) is 6.16. The lowest BCUT2D eigenvalue weighted by Gasteiger charge is -2.16. The molecule has 0 bridgehead atoms. The summed E-state index contributed by atoms with van der Waals surface area (Å²) in [4.78, 5) is 4.37. The van der Waals surface area contributed by atoms with Gasteiger partial charge in [0.1, 0.15) is 5.75 Å². The van der Waals surface area contributed by atoms with Crippen molar-refractivity contribution in [2.45, 2.75) is 38.3 Å². The van der Waals surface area contributed by atoms with Gasteiger partial charge in [-0.1, -0.05) is 21.1 Å². The number of halogens is 1. The lowest BCUT2D eigenvalue weighted by Crippen LogP contribution is -2.14. The molecule has 1 atom stereocenters. The molecule has 0 spiro atoms. The minimum absolute atomic E-state index is 0.196. The standard InChI is InChI=1S/C15H18BrN3O2/c1-9(17-2)12-7-11(16)5-6-13(12)20-8-14-18-15(19-21-14)10-3-4-10/h5-7,9-10,17H,3-4,8H2,1-2H3. The van der Waals surface area contributed by atoms with E-state index in [1.165, 1.54) is 0 Å². The van der Waals surface area contributed by atoms with Crippen LogP contribution in [0.25, 0.3) is 0 Å². The molecule has 1 fully saturated rings. The summed E-state index contributed by atoms with van der Waals surface area (Å²) in [5.41, 5.74) is 1.09. The fourth-order valence-electron chi connectivity index (χ4n) is 2.12. The van der Waals surface area contributed by atoms with Gasteiger partial charge in [-0.3, -0.25) is 0 Å². The number of nitrogens with one attached hydrogen (secondary N) is 1. The molecule has 5 nitrogen and oxygen atoms in total. The van der Waals surface area contributed by atoms with Crippen molar-refractivity contribution in [1.29, 1.82) is 0 Å². The maximum Gasteiger partial charge on any atom is 0.264 e. The smallest absolute Gasteiger partial charge is 0.264 e. The molecule has 3 rings (SSSR count). The predicted octanol–water partition coefficient (Wildman–Crippen LogP) is 3.57. The van der Waals surface area contributed by atoms with Gasteiger partial charge in [-0.2, -0.15) is 4.98 Å². The molecule has 0 saturated heterocycles. The zero-order valence-corrected chi connectivity index (χ0v) is 13.7. The van der Waals surface area contributed by atoms with Gasteiger partial charge in [-0.05, 0) is 45.0 Å². The Bertz CT molecular complexity index is 625. The zero-order chi connectivity index (χ0) is 14.8. The largest absolute Gasteiger partial charge is 0.483 e. The van der Waals surface area contributed by atoms with Gasteiger partial charge >= 0.3 is 0 Å². The Balaban J connectivity index is 1.71. The number of rotatable bonds is 6. The monoisotopic (exact) mass is 351 g/mol. The first-order valence-corrected chi connectivity index (χ1v) is 7.88. The average molecular weight is 352 g/mol. The van der Waals surface area contributed by atoms with Crippen LogP contribution in [0.3, 0.4) is 0 Å². The van der Waals surface area contributed by atoms with Gasteiger partial charge in [0, 0.05) is 22.0 Å². The van der Waals surface area contributed by atoms with Crippen molar-refractivity contribution in [3.63, 3.8) is 0 Å². The van der Waals surface area contributed by atoms with Crippen LogP contribution >= 0.6 is 15.9 Å². The maximum atomic E-state index is 5.86. The molecule has 1 heterocycles. The van der Waals surface area contributed by atoms with Crippen molar-refractivity contribution in [3.8, 4) is 5.75 Å². The fourth-order valence-corrected chi connectivity index (χ4v) is 2.50. The van der Waals surface area contributed by atoms with E-state index < -0.39 is 0 Å². The lowest BCUT2D eigenvalue weighted by atomic mass is 10.1. The van der Waals surface area contributed by atoms with E-state index in [0.717, 1.165) is 34.5 Å². The first-order valence-electron chi connectivity index (χ1n) is 7.09. The molecule has 1 aliphatic carbocycles. The predicted molar refractivity (Wildman–Crippen MR) is 82.2 cm³/mol.